The van der Waals surface area contributed by atoms with Crippen molar-refractivity contribution in [3.05, 3.63) is 71.9 Å². The van der Waals surface area contributed by atoms with E-state index in [4.69, 9.17) is 14.6 Å². The number of piperazine rings is 1. The first-order valence-corrected chi connectivity index (χ1v) is 11.8. The lowest BCUT2D eigenvalue weighted by Gasteiger charge is -2.35. The van der Waals surface area contributed by atoms with Crippen LogP contribution >= 0.6 is 0 Å². The number of rotatable bonds is 5. The summed E-state index contributed by atoms with van der Waals surface area (Å²) in [6.07, 6.45) is 1.46. The van der Waals surface area contributed by atoms with Gasteiger partial charge in [-0.05, 0) is 38.5 Å². The highest BCUT2D eigenvalue weighted by atomic mass is 16.6. The second-order valence-corrected chi connectivity index (χ2v) is 9.57. The third kappa shape index (κ3) is 6.01. The monoisotopic (exact) mass is 476 g/mol. The Morgan fingerprint density at radius 2 is 1.63 bits per heavy atom. The molecule has 3 aromatic rings. The first kappa shape index (κ1) is 24.3. The van der Waals surface area contributed by atoms with E-state index in [0.717, 1.165) is 11.1 Å². The van der Waals surface area contributed by atoms with Crippen LogP contribution in [0.1, 0.15) is 36.7 Å². The number of hydrogen-bond donors (Lipinski definition) is 0. The highest BCUT2D eigenvalue weighted by molar-refractivity contribution is 6.00. The number of nitrogens with zero attached hydrogens (tertiary/aromatic N) is 4. The van der Waals surface area contributed by atoms with Crippen molar-refractivity contribution in [2.75, 3.05) is 33.3 Å². The van der Waals surface area contributed by atoms with Crippen LogP contribution in [0.15, 0.2) is 60.8 Å². The van der Waals surface area contributed by atoms with Crippen LogP contribution in [-0.2, 0) is 11.3 Å². The Morgan fingerprint density at radius 3 is 2.29 bits per heavy atom. The van der Waals surface area contributed by atoms with Gasteiger partial charge in [-0.3, -0.25) is 9.48 Å². The van der Waals surface area contributed by atoms with E-state index in [1.807, 2.05) is 81.6 Å². The quantitative estimate of drug-likeness (QED) is 0.549. The molecule has 2 heterocycles. The Bertz CT molecular complexity index is 1180. The smallest absolute Gasteiger partial charge is 0.410 e. The molecule has 1 aliphatic rings. The maximum Gasteiger partial charge on any atom is 0.410 e. The van der Waals surface area contributed by atoms with Crippen molar-refractivity contribution in [3.8, 4) is 17.0 Å². The maximum absolute atomic E-state index is 13.6. The van der Waals surface area contributed by atoms with E-state index in [2.05, 4.69) is 0 Å². The molecule has 4 rings (SSSR count). The fraction of sp³-hybridized carbons (Fsp3) is 0.370. The van der Waals surface area contributed by atoms with Crippen LogP contribution < -0.4 is 4.74 Å². The van der Waals surface area contributed by atoms with Crippen molar-refractivity contribution in [2.24, 2.45) is 0 Å². The highest BCUT2D eigenvalue weighted by Gasteiger charge is 2.30. The summed E-state index contributed by atoms with van der Waals surface area (Å²) >= 11 is 0. The molecule has 0 N–H and O–H groups in total. The summed E-state index contributed by atoms with van der Waals surface area (Å²) < 4.78 is 12.7. The molecule has 0 atom stereocenters. The molecule has 35 heavy (non-hydrogen) atoms. The molecular weight excluding hydrogens is 444 g/mol. The van der Waals surface area contributed by atoms with E-state index >= 15 is 0 Å². The Hall–Kier alpha value is -3.81. The van der Waals surface area contributed by atoms with Crippen LogP contribution in [0.4, 0.5) is 4.79 Å². The Labute approximate surface area is 206 Å². The first-order valence-electron chi connectivity index (χ1n) is 11.8. The molecular formula is C27H32N4O4. The molecule has 2 aromatic carbocycles. The number of methoxy groups -OCH3 is 1. The minimum Gasteiger partial charge on any atom is -0.497 e. The number of amides is 2. The highest BCUT2D eigenvalue weighted by Crippen LogP contribution is 2.27. The van der Waals surface area contributed by atoms with Gasteiger partial charge >= 0.3 is 6.09 Å². The van der Waals surface area contributed by atoms with Gasteiger partial charge in [-0.15, -0.1) is 0 Å². The molecule has 1 fully saturated rings. The molecule has 0 unspecified atom stereocenters. The second-order valence-electron chi connectivity index (χ2n) is 9.57. The lowest BCUT2D eigenvalue weighted by Crippen LogP contribution is -2.51. The average Bonchev–Trinajstić information content (AvgIpc) is 3.27. The normalized spacial score (nSPS) is 14.1. The summed E-state index contributed by atoms with van der Waals surface area (Å²) in [7, 11) is 1.61. The number of carbonyl (C=O) groups excluding carboxylic acids is 2. The van der Waals surface area contributed by atoms with Gasteiger partial charge in [0, 0.05) is 37.9 Å². The van der Waals surface area contributed by atoms with Gasteiger partial charge < -0.3 is 19.3 Å². The minimum atomic E-state index is -0.553. The molecule has 0 radical (unpaired) electrons. The molecule has 0 saturated carbocycles. The van der Waals surface area contributed by atoms with Gasteiger partial charge in [0.15, 0.2) is 0 Å². The molecule has 1 aromatic heterocycles. The van der Waals surface area contributed by atoms with Gasteiger partial charge in [0.1, 0.15) is 17.0 Å². The predicted octanol–water partition coefficient (Wildman–Crippen LogP) is 4.30. The van der Waals surface area contributed by atoms with Crippen LogP contribution in [-0.4, -0.2) is 70.5 Å². The van der Waals surface area contributed by atoms with E-state index in [1.165, 1.54) is 0 Å². The molecule has 0 spiro atoms. The van der Waals surface area contributed by atoms with Crippen molar-refractivity contribution in [1.82, 2.24) is 19.6 Å². The van der Waals surface area contributed by atoms with Gasteiger partial charge in [0.05, 0.1) is 19.2 Å². The average molecular weight is 477 g/mol. The zero-order valence-corrected chi connectivity index (χ0v) is 20.7. The largest absolute Gasteiger partial charge is 0.497 e. The van der Waals surface area contributed by atoms with E-state index in [0.29, 0.717) is 49.7 Å². The van der Waals surface area contributed by atoms with Crippen molar-refractivity contribution in [3.63, 3.8) is 0 Å². The summed E-state index contributed by atoms with van der Waals surface area (Å²) in [5.41, 5.74) is 2.49. The van der Waals surface area contributed by atoms with E-state index in [1.54, 1.807) is 21.6 Å². The number of carbonyl (C=O) groups is 2. The topological polar surface area (TPSA) is 76.9 Å². The Balaban J connectivity index is 1.56. The molecule has 8 heteroatoms. The molecule has 0 bridgehead atoms. The third-order valence-electron chi connectivity index (χ3n) is 5.74. The number of aromatic nitrogens is 2. The lowest BCUT2D eigenvalue weighted by molar-refractivity contribution is 0.0141. The molecule has 1 aliphatic heterocycles. The van der Waals surface area contributed by atoms with Crippen molar-refractivity contribution in [1.29, 1.82) is 0 Å². The number of hydrogen-bond acceptors (Lipinski definition) is 5. The summed E-state index contributed by atoms with van der Waals surface area (Å²) in [4.78, 5) is 29.5. The van der Waals surface area contributed by atoms with Gasteiger partial charge in [0.2, 0.25) is 0 Å². The zero-order valence-electron chi connectivity index (χ0n) is 20.7. The van der Waals surface area contributed by atoms with E-state index in [9.17, 15) is 9.59 Å². The molecule has 1 saturated heterocycles. The summed E-state index contributed by atoms with van der Waals surface area (Å²) in [5.74, 6) is 0.593. The van der Waals surface area contributed by atoms with Crippen LogP contribution in [0.25, 0.3) is 11.3 Å². The van der Waals surface area contributed by atoms with Crippen LogP contribution in [0.2, 0.25) is 0 Å². The molecule has 8 nitrogen and oxygen atoms in total. The summed E-state index contributed by atoms with van der Waals surface area (Å²) in [6, 6.07) is 17.6. The zero-order chi connectivity index (χ0) is 25.0. The van der Waals surface area contributed by atoms with Crippen LogP contribution in [0.3, 0.4) is 0 Å². The summed E-state index contributed by atoms with van der Waals surface area (Å²) in [5, 5.41) is 4.78. The van der Waals surface area contributed by atoms with Crippen LogP contribution in [0, 0.1) is 0 Å². The first-order chi connectivity index (χ1) is 16.7. The summed E-state index contributed by atoms with van der Waals surface area (Å²) in [6.45, 7) is 7.80. The third-order valence-corrected chi connectivity index (χ3v) is 5.74. The van der Waals surface area contributed by atoms with Crippen molar-refractivity contribution >= 4 is 12.0 Å². The van der Waals surface area contributed by atoms with Gasteiger partial charge in [-0.2, -0.15) is 5.10 Å². The van der Waals surface area contributed by atoms with Gasteiger partial charge in [0.25, 0.3) is 5.91 Å². The standard InChI is InChI=1S/C27H32N4O4/c1-27(2,3)35-26(33)30-15-13-29(14-16-30)25(32)23-19-31(18-20-9-6-5-7-10-20)28-24(23)21-11-8-12-22(17-21)34-4/h5-12,17,19H,13-16,18H2,1-4H3. The molecule has 2 amide bonds. The second kappa shape index (κ2) is 10.2. The molecule has 184 valence electrons. The molecule has 0 aliphatic carbocycles. The predicted molar refractivity (Wildman–Crippen MR) is 133 cm³/mol. The van der Waals surface area contributed by atoms with Crippen LogP contribution in [0.5, 0.6) is 5.75 Å². The Morgan fingerprint density at radius 1 is 0.943 bits per heavy atom. The van der Waals surface area contributed by atoms with Gasteiger partial charge in [-0.1, -0.05) is 42.5 Å². The number of ether oxygens (including phenoxy) is 2. The van der Waals surface area contributed by atoms with E-state index < -0.39 is 5.60 Å². The Kier molecular flexibility index (Phi) is 7.10. The van der Waals surface area contributed by atoms with Crippen molar-refractivity contribution < 1.29 is 19.1 Å². The van der Waals surface area contributed by atoms with E-state index in [-0.39, 0.29) is 12.0 Å². The minimum absolute atomic E-state index is 0.106. The lowest BCUT2D eigenvalue weighted by atomic mass is 10.1. The number of benzene rings is 2. The fourth-order valence-corrected chi connectivity index (χ4v) is 4.00. The maximum atomic E-state index is 13.6. The van der Waals surface area contributed by atoms with Crippen molar-refractivity contribution in [2.45, 2.75) is 32.9 Å². The van der Waals surface area contributed by atoms with Gasteiger partial charge in [-0.25, -0.2) is 4.79 Å². The fourth-order valence-electron chi connectivity index (χ4n) is 4.00. The SMILES string of the molecule is COc1cccc(-c2nn(Cc3ccccc3)cc2C(=O)N2CCN(C(=O)OC(C)(C)C)CC2)c1.